The van der Waals surface area contributed by atoms with Crippen LogP contribution in [0.15, 0.2) is 0 Å². The Morgan fingerprint density at radius 3 is 2.29 bits per heavy atom. The molecule has 0 aliphatic carbocycles. The van der Waals surface area contributed by atoms with Crippen LogP contribution >= 0.6 is 0 Å². The summed E-state index contributed by atoms with van der Waals surface area (Å²) in [6.45, 7) is 14.9. The number of ether oxygens (including phenoxy) is 1. The van der Waals surface area contributed by atoms with Crippen molar-refractivity contribution in [1.29, 1.82) is 0 Å². The van der Waals surface area contributed by atoms with E-state index in [4.69, 9.17) is 4.74 Å². The van der Waals surface area contributed by atoms with Crippen LogP contribution in [0.4, 0.5) is 0 Å². The Balaban J connectivity index is 3.30. The highest BCUT2D eigenvalue weighted by Crippen LogP contribution is 1.99. The normalized spacial score (nSPS) is 12.7. The summed E-state index contributed by atoms with van der Waals surface area (Å²) in [5, 5.41) is 3.51. The molecule has 0 rings (SSSR count). The molecule has 3 heteroatoms. The van der Waals surface area contributed by atoms with E-state index in [2.05, 4.69) is 51.9 Å². The van der Waals surface area contributed by atoms with Gasteiger partial charge in [-0.25, -0.2) is 0 Å². The molecule has 0 amide bonds. The molecule has 3 nitrogen and oxygen atoms in total. The van der Waals surface area contributed by atoms with E-state index in [9.17, 15) is 0 Å². The smallest absolute Gasteiger partial charge is 0.0596 e. The third-order valence-electron chi connectivity index (χ3n) is 2.55. The van der Waals surface area contributed by atoms with Crippen molar-refractivity contribution in [3.8, 4) is 0 Å². The van der Waals surface area contributed by atoms with Gasteiger partial charge in [0.2, 0.25) is 0 Å². The van der Waals surface area contributed by atoms with Crippen LogP contribution in [0.25, 0.3) is 0 Å². The second-order valence-electron chi connectivity index (χ2n) is 6.11. The van der Waals surface area contributed by atoms with Gasteiger partial charge in [0.1, 0.15) is 0 Å². The van der Waals surface area contributed by atoms with Gasteiger partial charge in [-0.3, -0.25) is 0 Å². The highest BCUT2D eigenvalue weighted by atomic mass is 16.5. The Kier molecular flexibility index (Phi) is 8.83. The third-order valence-corrected chi connectivity index (χ3v) is 2.55. The monoisotopic (exact) mass is 244 g/mol. The minimum absolute atomic E-state index is 0.247. The zero-order valence-corrected chi connectivity index (χ0v) is 12.7. The molecule has 0 aromatic rings. The summed E-state index contributed by atoms with van der Waals surface area (Å²) in [5.74, 6) is 0. The SMILES string of the molecule is CC(C)OCCN(C)CCCCNC(C)(C)C. The first-order valence-corrected chi connectivity index (χ1v) is 6.86. The van der Waals surface area contributed by atoms with Gasteiger partial charge in [0.05, 0.1) is 12.7 Å². The summed E-state index contributed by atoms with van der Waals surface area (Å²) in [5.41, 5.74) is 0.247. The summed E-state index contributed by atoms with van der Waals surface area (Å²) in [6.07, 6.45) is 2.84. The van der Waals surface area contributed by atoms with Crippen molar-refractivity contribution in [2.24, 2.45) is 0 Å². The first-order valence-electron chi connectivity index (χ1n) is 6.86. The van der Waals surface area contributed by atoms with Crippen LogP contribution in [0.2, 0.25) is 0 Å². The molecule has 1 N–H and O–H groups in total. The molecule has 104 valence electrons. The molecule has 0 aromatic carbocycles. The van der Waals surface area contributed by atoms with Crippen molar-refractivity contribution in [2.75, 3.05) is 33.3 Å². The number of nitrogens with one attached hydrogen (secondary N) is 1. The molecule has 0 bridgehead atoms. The summed E-state index contributed by atoms with van der Waals surface area (Å²) in [4.78, 5) is 2.35. The molecule has 0 aliphatic rings. The van der Waals surface area contributed by atoms with Crippen LogP contribution in [0.5, 0.6) is 0 Å². The van der Waals surface area contributed by atoms with E-state index in [1.807, 2.05) is 0 Å². The minimum atomic E-state index is 0.247. The zero-order chi connectivity index (χ0) is 13.3. The van der Waals surface area contributed by atoms with E-state index in [0.29, 0.717) is 6.10 Å². The van der Waals surface area contributed by atoms with Crippen LogP contribution in [-0.4, -0.2) is 49.8 Å². The molecule has 0 fully saturated rings. The van der Waals surface area contributed by atoms with Crippen LogP contribution in [-0.2, 0) is 4.74 Å². The van der Waals surface area contributed by atoms with Crippen molar-refractivity contribution in [3.05, 3.63) is 0 Å². The van der Waals surface area contributed by atoms with E-state index < -0.39 is 0 Å². The Bertz CT molecular complexity index is 176. The summed E-state index contributed by atoms with van der Waals surface area (Å²) in [6, 6.07) is 0. The molecule has 0 aliphatic heterocycles. The van der Waals surface area contributed by atoms with Gasteiger partial charge in [-0.1, -0.05) is 0 Å². The number of rotatable bonds is 9. The molecule has 0 unspecified atom stereocenters. The van der Waals surface area contributed by atoms with Crippen LogP contribution in [0.3, 0.4) is 0 Å². The van der Waals surface area contributed by atoms with Crippen molar-refractivity contribution >= 4 is 0 Å². The van der Waals surface area contributed by atoms with Gasteiger partial charge in [-0.2, -0.15) is 0 Å². The lowest BCUT2D eigenvalue weighted by Crippen LogP contribution is -2.36. The molecular formula is C14H32N2O. The topological polar surface area (TPSA) is 24.5 Å². The number of likely N-dealkylation sites (N-methyl/N-ethyl adjacent to an activating group) is 1. The van der Waals surface area contributed by atoms with Gasteiger partial charge in [0, 0.05) is 12.1 Å². The Morgan fingerprint density at radius 2 is 1.76 bits per heavy atom. The van der Waals surface area contributed by atoms with E-state index in [-0.39, 0.29) is 5.54 Å². The van der Waals surface area contributed by atoms with E-state index in [1.54, 1.807) is 0 Å². The van der Waals surface area contributed by atoms with Gasteiger partial charge < -0.3 is 15.0 Å². The number of nitrogens with zero attached hydrogens (tertiary/aromatic N) is 1. The maximum atomic E-state index is 5.53. The summed E-state index contributed by atoms with van der Waals surface area (Å²) in [7, 11) is 2.17. The average molecular weight is 244 g/mol. The lowest BCUT2D eigenvalue weighted by molar-refractivity contribution is 0.0636. The quantitative estimate of drug-likeness (QED) is 0.631. The summed E-state index contributed by atoms with van der Waals surface area (Å²) < 4.78 is 5.53. The first kappa shape index (κ1) is 16.9. The fourth-order valence-corrected chi connectivity index (χ4v) is 1.53. The average Bonchev–Trinajstić information content (AvgIpc) is 2.14. The fourth-order valence-electron chi connectivity index (χ4n) is 1.53. The maximum absolute atomic E-state index is 5.53. The van der Waals surface area contributed by atoms with Crippen molar-refractivity contribution in [3.63, 3.8) is 0 Å². The largest absolute Gasteiger partial charge is 0.377 e. The highest BCUT2D eigenvalue weighted by Gasteiger charge is 2.07. The highest BCUT2D eigenvalue weighted by molar-refractivity contribution is 4.69. The lowest BCUT2D eigenvalue weighted by Gasteiger charge is -2.21. The summed E-state index contributed by atoms with van der Waals surface area (Å²) >= 11 is 0. The Labute approximate surface area is 108 Å². The molecule has 0 atom stereocenters. The molecule has 0 saturated heterocycles. The molecule has 0 saturated carbocycles. The maximum Gasteiger partial charge on any atom is 0.0596 e. The van der Waals surface area contributed by atoms with E-state index in [1.165, 1.54) is 12.8 Å². The van der Waals surface area contributed by atoms with Crippen LogP contribution in [0, 0.1) is 0 Å². The van der Waals surface area contributed by atoms with Gasteiger partial charge in [-0.15, -0.1) is 0 Å². The van der Waals surface area contributed by atoms with Crippen molar-refractivity contribution < 1.29 is 4.74 Å². The van der Waals surface area contributed by atoms with Crippen LogP contribution < -0.4 is 5.32 Å². The van der Waals surface area contributed by atoms with Gasteiger partial charge in [0.25, 0.3) is 0 Å². The fraction of sp³-hybridized carbons (Fsp3) is 1.00. The van der Waals surface area contributed by atoms with Crippen molar-refractivity contribution in [1.82, 2.24) is 10.2 Å². The van der Waals surface area contributed by atoms with Gasteiger partial charge >= 0.3 is 0 Å². The second-order valence-corrected chi connectivity index (χ2v) is 6.11. The minimum Gasteiger partial charge on any atom is -0.377 e. The van der Waals surface area contributed by atoms with Crippen molar-refractivity contribution in [2.45, 2.75) is 59.1 Å². The van der Waals surface area contributed by atoms with Gasteiger partial charge in [-0.05, 0) is 67.6 Å². The molecular weight excluding hydrogens is 212 g/mol. The lowest BCUT2D eigenvalue weighted by atomic mass is 10.1. The second kappa shape index (κ2) is 8.90. The predicted molar refractivity (Wildman–Crippen MR) is 75.6 cm³/mol. The number of hydrogen-bond donors (Lipinski definition) is 1. The Hall–Kier alpha value is -0.120. The standard InChI is InChI=1S/C14H32N2O/c1-13(2)17-12-11-16(6)10-8-7-9-15-14(3,4)5/h13,15H,7-12H2,1-6H3. The first-order chi connectivity index (χ1) is 7.81. The zero-order valence-electron chi connectivity index (χ0n) is 12.7. The molecule has 0 spiro atoms. The number of hydrogen-bond acceptors (Lipinski definition) is 3. The molecule has 0 heterocycles. The molecule has 17 heavy (non-hydrogen) atoms. The van der Waals surface area contributed by atoms with Crippen LogP contribution in [0.1, 0.15) is 47.5 Å². The third kappa shape index (κ3) is 13.8. The molecule has 0 radical (unpaired) electrons. The predicted octanol–water partition coefficient (Wildman–Crippen LogP) is 2.51. The Morgan fingerprint density at radius 1 is 1.12 bits per heavy atom. The van der Waals surface area contributed by atoms with E-state index >= 15 is 0 Å². The number of unbranched alkanes of at least 4 members (excludes halogenated alkanes) is 1. The molecule has 0 aromatic heterocycles. The van der Waals surface area contributed by atoms with Gasteiger partial charge in [0.15, 0.2) is 0 Å². The van der Waals surface area contributed by atoms with E-state index in [0.717, 1.165) is 26.2 Å².